The normalized spacial score (nSPS) is 11.7. The highest BCUT2D eigenvalue weighted by Gasteiger charge is 2.22. The summed E-state index contributed by atoms with van der Waals surface area (Å²) in [6.07, 6.45) is 0.397. The first-order valence-corrected chi connectivity index (χ1v) is 6.38. The van der Waals surface area contributed by atoms with Crippen LogP contribution in [0.3, 0.4) is 0 Å². The van der Waals surface area contributed by atoms with E-state index in [0.29, 0.717) is 6.42 Å². The summed E-state index contributed by atoms with van der Waals surface area (Å²) in [7, 11) is 2.92. The number of ether oxygens (including phenoxy) is 2. The van der Waals surface area contributed by atoms with Crippen molar-refractivity contribution in [3.05, 3.63) is 28.8 Å². The van der Waals surface area contributed by atoms with Gasteiger partial charge in [-0.15, -0.1) is 0 Å². The second-order valence-corrected chi connectivity index (χ2v) is 4.72. The molecule has 1 aromatic carbocycles. The lowest BCUT2D eigenvalue weighted by atomic mass is 9.96. The predicted octanol–water partition coefficient (Wildman–Crippen LogP) is 1.53. The molecule has 1 amide bonds. The van der Waals surface area contributed by atoms with Crippen molar-refractivity contribution in [2.24, 2.45) is 0 Å². The van der Waals surface area contributed by atoms with E-state index < -0.39 is 12.0 Å². The van der Waals surface area contributed by atoms with Gasteiger partial charge >= 0.3 is 5.97 Å². The molecule has 20 heavy (non-hydrogen) atoms. The van der Waals surface area contributed by atoms with Crippen LogP contribution in [0.25, 0.3) is 0 Å². The largest absolute Gasteiger partial charge is 0.497 e. The van der Waals surface area contributed by atoms with Crippen molar-refractivity contribution in [2.45, 2.75) is 33.2 Å². The molecule has 0 fully saturated rings. The molecule has 0 radical (unpaired) electrons. The van der Waals surface area contributed by atoms with Gasteiger partial charge in [0.2, 0.25) is 5.91 Å². The van der Waals surface area contributed by atoms with Crippen LogP contribution >= 0.6 is 0 Å². The topological polar surface area (TPSA) is 64.6 Å². The van der Waals surface area contributed by atoms with Crippen molar-refractivity contribution < 1.29 is 19.1 Å². The number of amides is 1. The molecule has 0 aliphatic heterocycles. The number of aryl methyl sites for hydroxylation is 2. The Kier molecular flexibility index (Phi) is 5.55. The molecule has 0 saturated heterocycles. The molecule has 0 spiro atoms. The maximum Gasteiger partial charge on any atom is 0.328 e. The number of esters is 1. The van der Waals surface area contributed by atoms with Gasteiger partial charge in [-0.3, -0.25) is 4.79 Å². The lowest BCUT2D eigenvalue weighted by molar-refractivity contribution is -0.144. The lowest BCUT2D eigenvalue weighted by Gasteiger charge is -2.19. The smallest absolute Gasteiger partial charge is 0.328 e. The third-order valence-electron chi connectivity index (χ3n) is 3.18. The summed E-state index contributed by atoms with van der Waals surface area (Å²) < 4.78 is 9.94. The Morgan fingerprint density at radius 1 is 1.20 bits per heavy atom. The van der Waals surface area contributed by atoms with Crippen LogP contribution in [0.1, 0.15) is 23.6 Å². The second-order valence-electron chi connectivity index (χ2n) is 4.72. The van der Waals surface area contributed by atoms with Crippen LogP contribution in [0.4, 0.5) is 0 Å². The van der Waals surface area contributed by atoms with E-state index in [4.69, 9.17) is 9.47 Å². The van der Waals surface area contributed by atoms with Crippen LogP contribution in [-0.2, 0) is 20.7 Å². The van der Waals surface area contributed by atoms with Crippen LogP contribution in [0, 0.1) is 13.8 Å². The zero-order valence-electron chi connectivity index (χ0n) is 12.6. The molecule has 0 unspecified atom stereocenters. The number of benzene rings is 1. The summed E-state index contributed by atoms with van der Waals surface area (Å²) in [6.45, 7) is 5.28. The minimum atomic E-state index is -0.678. The first-order valence-electron chi connectivity index (χ1n) is 6.38. The quantitative estimate of drug-likeness (QED) is 0.830. The molecule has 5 nitrogen and oxygen atoms in total. The summed E-state index contributed by atoms with van der Waals surface area (Å²) in [5.74, 6) is 0.0666. The summed E-state index contributed by atoms with van der Waals surface area (Å²) in [4.78, 5) is 22.9. The van der Waals surface area contributed by atoms with Crippen LogP contribution in [0.2, 0.25) is 0 Å². The molecular formula is C15H21NO4. The van der Waals surface area contributed by atoms with E-state index in [0.717, 1.165) is 22.4 Å². The lowest BCUT2D eigenvalue weighted by Crippen LogP contribution is -2.42. The fraction of sp³-hybridized carbons (Fsp3) is 0.467. The van der Waals surface area contributed by atoms with E-state index in [1.54, 1.807) is 7.11 Å². The van der Waals surface area contributed by atoms with Gasteiger partial charge in [-0.1, -0.05) is 0 Å². The third-order valence-corrected chi connectivity index (χ3v) is 3.18. The summed E-state index contributed by atoms with van der Waals surface area (Å²) >= 11 is 0. The molecule has 1 rings (SSSR count). The van der Waals surface area contributed by atoms with Crippen molar-refractivity contribution in [2.75, 3.05) is 14.2 Å². The SMILES string of the molecule is COC(=O)[C@H](Cc1c(C)cc(OC)cc1C)NC(C)=O. The van der Waals surface area contributed by atoms with Gasteiger partial charge in [-0.25, -0.2) is 4.79 Å². The Bertz CT molecular complexity index is 488. The summed E-state index contributed by atoms with van der Waals surface area (Å²) in [5.41, 5.74) is 3.04. The molecular weight excluding hydrogens is 258 g/mol. The summed E-state index contributed by atoms with van der Waals surface area (Å²) in [6, 6.07) is 3.14. The van der Waals surface area contributed by atoms with Gasteiger partial charge in [0.1, 0.15) is 11.8 Å². The highest BCUT2D eigenvalue weighted by atomic mass is 16.5. The number of carbonyl (C=O) groups is 2. The number of carbonyl (C=O) groups excluding carboxylic acids is 2. The molecule has 5 heteroatoms. The molecule has 0 aliphatic carbocycles. The van der Waals surface area contributed by atoms with Gasteiger partial charge in [-0.05, 0) is 42.7 Å². The minimum Gasteiger partial charge on any atom is -0.497 e. The first kappa shape index (κ1) is 16.0. The zero-order valence-corrected chi connectivity index (χ0v) is 12.6. The highest BCUT2D eigenvalue weighted by molar-refractivity contribution is 5.83. The number of methoxy groups -OCH3 is 2. The zero-order chi connectivity index (χ0) is 15.3. The van der Waals surface area contributed by atoms with E-state index in [1.165, 1.54) is 14.0 Å². The fourth-order valence-corrected chi connectivity index (χ4v) is 2.18. The Morgan fingerprint density at radius 3 is 2.15 bits per heavy atom. The Hall–Kier alpha value is -2.04. The minimum absolute atomic E-state index is 0.260. The summed E-state index contributed by atoms with van der Waals surface area (Å²) in [5, 5.41) is 2.62. The van der Waals surface area contributed by atoms with E-state index in [2.05, 4.69) is 5.32 Å². The Morgan fingerprint density at radius 2 is 1.75 bits per heavy atom. The Balaban J connectivity index is 3.04. The van der Waals surface area contributed by atoms with E-state index in [1.807, 2.05) is 26.0 Å². The van der Waals surface area contributed by atoms with Gasteiger partial charge in [-0.2, -0.15) is 0 Å². The van der Waals surface area contributed by atoms with Crippen LogP contribution in [0.15, 0.2) is 12.1 Å². The molecule has 1 atom stereocenters. The van der Waals surface area contributed by atoms with Crippen molar-refractivity contribution in [3.8, 4) is 5.75 Å². The van der Waals surface area contributed by atoms with Crippen LogP contribution in [-0.4, -0.2) is 32.1 Å². The second kappa shape index (κ2) is 6.93. The molecule has 1 aromatic rings. The number of rotatable bonds is 5. The van der Waals surface area contributed by atoms with E-state index in [-0.39, 0.29) is 5.91 Å². The average molecular weight is 279 g/mol. The molecule has 0 saturated carbocycles. The van der Waals surface area contributed by atoms with Gasteiger partial charge in [0.05, 0.1) is 14.2 Å². The van der Waals surface area contributed by atoms with Crippen molar-refractivity contribution in [3.63, 3.8) is 0 Å². The number of hydrogen-bond acceptors (Lipinski definition) is 4. The molecule has 0 heterocycles. The third kappa shape index (κ3) is 3.98. The molecule has 1 N–H and O–H groups in total. The van der Waals surface area contributed by atoms with E-state index in [9.17, 15) is 9.59 Å². The van der Waals surface area contributed by atoms with Crippen molar-refractivity contribution in [1.82, 2.24) is 5.32 Å². The first-order chi connectivity index (χ1) is 9.38. The highest BCUT2D eigenvalue weighted by Crippen LogP contribution is 2.23. The Labute approximate surface area is 119 Å². The monoisotopic (exact) mass is 279 g/mol. The average Bonchev–Trinajstić information content (AvgIpc) is 2.39. The maximum absolute atomic E-state index is 11.7. The van der Waals surface area contributed by atoms with Crippen LogP contribution in [0.5, 0.6) is 5.75 Å². The van der Waals surface area contributed by atoms with Gasteiger partial charge in [0, 0.05) is 13.3 Å². The van der Waals surface area contributed by atoms with Gasteiger partial charge in [0.25, 0.3) is 0 Å². The van der Waals surface area contributed by atoms with E-state index >= 15 is 0 Å². The fourth-order valence-electron chi connectivity index (χ4n) is 2.18. The predicted molar refractivity (Wildman–Crippen MR) is 75.8 cm³/mol. The number of hydrogen-bond donors (Lipinski definition) is 1. The van der Waals surface area contributed by atoms with Crippen molar-refractivity contribution >= 4 is 11.9 Å². The van der Waals surface area contributed by atoms with Crippen molar-refractivity contribution in [1.29, 1.82) is 0 Å². The standard InChI is InChI=1S/C15H21NO4/c1-9-6-12(19-4)7-10(2)13(9)8-14(15(18)20-5)16-11(3)17/h6-7,14H,8H2,1-5H3,(H,16,17)/t14-/m0/s1. The molecule has 0 aromatic heterocycles. The molecule has 0 bridgehead atoms. The number of nitrogens with one attached hydrogen (secondary N) is 1. The maximum atomic E-state index is 11.7. The molecule has 0 aliphatic rings. The van der Waals surface area contributed by atoms with Gasteiger partial charge in [0.15, 0.2) is 0 Å². The van der Waals surface area contributed by atoms with Gasteiger partial charge < -0.3 is 14.8 Å². The van der Waals surface area contributed by atoms with Crippen LogP contribution < -0.4 is 10.1 Å². The molecule has 110 valence electrons.